The minimum Gasteiger partial charge on any atom is -0.462 e. The molecule has 0 aliphatic carbocycles. The maximum absolute atomic E-state index is 12.3. The fraction of sp³-hybridized carbons (Fsp3) is 0.429. The lowest BCUT2D eigenvalue weighted by atomic mass is 10.2. The first kappa shape index (κ1) is 20.1. The van der Waals surface area contributed by atoms with E-state index in [-0.39, 0.29) is 4.90 Å². The summed E-state index contributed by atoms with van der Waals surface area (Å²) in [5.74, 6) is -2.41. The van der Waals surface area contributed by atoms with Crippen molar-refractivity contribution in [3.63, 3.8) is 0 Å². The van der Waals surface area contributed by atoms with E-state index in [0.717, 1.165) is 18.3 Å². The Kier molecular flexibility index (Phi) is 6.91. The summed E-state index contributed by atoms with van der Waals surface area (Å²) in [4.78, 5) is 22.1. The molecule has 0 fully saturated rings. The Labute approximate surface area is 140 Å². The van der Waals surface area contributed by atoms with Gasteiger partial charge in [0.05, 0.1) is 10.6 Å². The van der Waals surface area contributed by atoms with Gasteiger partial charge in [-0.15, -0.1) is 0 Å². The number of hydrogen-bond donors (Lipinski definition) is 0. The number of sulfone groups is 2. The molecule has 0 bridgehead atoms. The fourth-order valence-corrected chi connectivity index (χ4v) is 3.37. The third-order valence-corrected chi connectivity index (χ3v) is 5.54. The minimum atomic E-state index is -3.92. The summed E-state index contributed by atoms with van der Waals surface area (Å²) >= 11 is 0. The van der Waals surface area contributed by atoms with Crippen LogP contribution in [0.5, 0.6) is 0 Å². The van der Waals surface area contributed by atoms with Crippen LogP contribution in [0.4, 0.5) is 0 Å². The molecule has 133 valence electrons. The maximum Gasteiger partial charge on any atom is 0.418 e. The Morgan fingerprint density at radius 2 is 1.75 bits per heavy atom. The van der Waals surface area contributed by atoms with E-state index in [1.54, 1.807) is 19.1 Å². The number of carbonyl (C=O) groups excluding carboxylic acids is 2. The molecule has 1 aromatic carbocycles. The molecule has 0 aliphatic heterocycles. The number of aryl methyl sites for hydroxylation is 1. The molecular formula is C14H17O8S2. The molecule has 0 saturated heterocycles. The second kappa shape index (κ2) is 8.25. The number of ether oxygens (including phenoxy) is 2. The predicted molar refractivity (Wildman–Crippen MR) is 84.5 cm³/mol. The Bertz CT molecular complexity index is 779. The van der Waals surface area contributed by atoms with Crippen LogP contribution in [0.25, 0.3) is 0 Å². The first-order valence-corrected chi connectivity index (χ1v) is 10.4. The van der Waals surface area contributed by atoms with Gasteiger partial charge in [0.25, 0.3) is 0 Å². The zero-order valence-electron chi connectivity index (χ0n) is 13.1. The number of rotatable bonds is 9. The molecule has 24 heavy (non-hydrogen) atoms. The maximum atomic E-state index is 12.3. The largest absolute Gasteiger partial charge is 0.462 e. The van der Waals surface area contributed by atoms with Crippen molar-refractivity contribution in [3.8, 4) is 0 Å². The molecule has 0 saturated carbocycles. The molecule has 1 unspecified atom stereocenters. The second-order valence-corrected chi connectivity index (χ2v) is 9.38. The van der Waals surface area contributed by atoms with Gasteiger partial charge in [-0.25, -0.2) is 26.4 Å². The second-order valence-electron chi connectivity index (χ2n) is 5.08. The molecule has 8 nitrogen and oxygen atoms in total. The molecule has 1 radical (unpaired) electrons. The van der Waals surface area contributed by atoms with Crippen molar-refractivity contribution in [2.75, 3.05) is 24.4 Å². The third-order valence-electron chi connectivity index (χ3n) is 2.90. The third kappa shape index (κ3) is 6.67. The summed E-state index contributed by atoms with van der Waals surface area (Å²) in [7, 11) is -7.27. The van der Waals surface area contributed by atoms with Gasteiger partial charge in [-0.05, 0) is 19.1 Å². The van der Waals surface area contributed by atoms with Crippen LogP contribution in [-0.4, -0.2) is 59.7 Å². The number of hydrogen-bond acceptors (Lipinski definition) is 8. The lowest BCUT2D eigenvalue weighted by Gasteiger charge is -2.14. The van der Waals surface area contributed by atoms with E-state index in [9.17, 15) is 26.4 Å². The zero-order chi connectivity index (χ0) is 18.4. The number of benzene rings is 1. The molecule has 1 rings (SSSR count). The molecule has 0 N–H and O–H groups in total. The van der Waals surface area contributed by atoms with Gasteiger partial charge in [0.15, 0.2) is 19.7 Å². The lowest BCUT2D eigenvalue weighted by molar-refractivity contribution is -0.150. The van der Waals surface area contributed by atoms with Crippen LogP contribution >= 0.6 is 0 Å². The monoisotopic (exact) mass is 377 g/mol. The van der Waals surface area contributed by atoms with Crippen LogP contribution < -0.4 is 0 Å². The summed E-state index contributed by atoms with van der Waals surface area (Å²) in [5, 5.41) is 0. The van der Waals surface area contributed by atoms with E-state index in [2.05, 4.69) is 9.47 Å². The molecule has 0 aliphatic rings. The fourth-order valence-electron chi connectivity index (χ4n) is 1.64. The summed E-state index contributed by atoms with van der Waals surface area (Å²) in [6, 6.07) is 5.89. The van der Waals surface area contributed by atoms with Gasteiger partial charge in [-0.2, -0.15) is 0 Å². The highest BCUT2D eigenvalue weighted by Crippen LogP contribution is 2.14. The quantitative estimate of drug-likeness (QED) is 0.543. The van der Waals surface area contributed by atoms with Gasteiger partial charge in [-0.1, -0.05) is 17.7 Å². The van der Waals surface area contributed by atoms with E-state index in [0.29, 0.717) is 0 Å². The molecule has 10 heteroatoms. The Balaban J connectivity index is 2.82. The minimum absolute atomic E-state index is 0.0449. The molecule has 0 aromatic heterocycles. The van der Waals surface area contributed by atoms with E-state index < -0.39 is 49.9 Å². The van der Waals surface area contributed by atoms with E-state index in [1.165, 1.54) is 12.1 Å². The molecule has 1 aromatic rings. The van der Waals surface area contributed by atoms with Crippen molar-refractivity contribution < 1.29 is 35.9 Å². The van der Waals surface area contributed by atoms with Crippen molar-refractivity contribution in [3.05, 3.63) is 29.8 Å². The zero-order valence-corrected chi connectivity index (χ0v) is 14.7. The molecular weight excluding hydrogens is 360 g/mol. The van der Waals surface area contributed by atoms with Crippen molar-refractivity contribution in [1.82, 2.24) is 0 Å². The summed E-state index contributed by atoms with van der Waals surface area (Å²) in [5.41, 5.74) is 0.850. The first-order chi connectivity index (χ1) is 11.0. The van der Waals surface area contributed by atoms with Crippen LogP contribution in [0.3, 0.4) is 0 Å². The average Bonchev–Trinajstić information content (AvgIpc) is 2.45. The highest BCUT2D eigenvalue weighted by molar-refractivity contribution is 7.91. The smallest absolute Gasteiger partial charge is 0.418 e. The normalized spacial score (nSPS) is 13.1. The van der Waals surface area contributed by atoms with Gasteiger partial charge < -0.3 is 9.47 Å². The topological polar surface area (TPSA) is 121 Å². The molecule has 0 heterocycles. The average molecular weight is 377 g/mol. The summed E-state index contributed by atoms with van der Waals surface area (Å²) in [6.07, 6.45) is -0.774. The van der Waals surface area contributed by atoms with Crippen LogP contribution in [0.1, 0.15) is 5.56 Å². The van der Waals surface area contributed by atoms with Crippen LogP contribution in [0.15, 0.2) is 29.2 Å². The highest BCUT2D eigenvalue weighted by Gasteiger charge is 2.30. The van der Waals surface area contributed by atoms with Crippen molar-refractivity contribution in [2.45, 2.75) is 17.9 Å². The van der Waals surface area contributed by atoms with E-state index in [4.69, 9.17) is 0 Å². The summed E-state index contributed by atoms with van der Waals surface area (Å²) in [6.45, 7) is 2.31. The summed E-state index contributed by atoms with van der Waals surface area (Å²) < 4.78 is 55.4. The van der Waals surface area contributed by atoms with E-state index in [1.807, 2.05) is 0 Å². The molecule has 0 amide bonds. The van der Waals surface area contributed by atoms with Crippen molar-refractivity contribution >= 4 is 32.1 Å². The Morgan fingerprint density at radius 1 is 1.17 bits per heavy atom. The van der Waals surface area contributed by atoms with Gasteiger partial charge in [-0.3, -0.25) is 0 Å². The Morgan fingerprint density at radius 3 is 2.25 bits per heavy atom. The lowest BCUT2D eigenvalue weighted by Crippen LogP contribution is -2.34. The van der Waals surface area contributed by atoms with Gasteiger partial charge in [0.1, 0.15) is 12.4 Å². The molecule has 1 atom stereocenters. The molecule has 0 spiro atoms. The van der Waals surface area contributed by atoms with E-state index >= 15 is 0 Å². The number of esters is 1. The number of carbonyl (C=O) groups is 1. The van der Waals surface area contributed by atoms with Crippen molar-refractivity contribution in [2.24, 2.45) is 0 Å². The van der Waals surface area contributed by atoms with Gasteiger partial charge >= 0.3 is 12.4 Å². The highest BCUT2D eigenvalue weighted by atomic mass is 32.2. The van der Waals surface area contributed by atoms with Crippen LogP contribution in [0.2, 0.25) is 0 Å². The van der Waals surface area contributed by atoms with Gasteiger partial charge in [0.2, 0.25) is 6.10 Å². The Hall–Kier alpha value is -1.94. The van der Waals surface area contributed by atoms with Crippen molar-refractivity contribution in [1.29, 1.82) is 0 Å². The van der Waals surface area contributed by atoms with Gasteiger partial charge in [0, 0.05) is 6.26 Å². The van der Waals surface area contributed by atoms with Crippen LogP contribution in [0, 0.1) is 6.92 Å². The predicted octanol–water partition coefficient (Wildman–Crippen LogP) is -0.191. The first-order valence-electron chi connectivity index (χ1n) is 6.72. The standard InChI is InChI=1S/C14H17O8S2/c1-11-3-5-12(6-4-11)24(19,20)9-13(22-10-15)14(16)21-7-8-23(2,17)18/h3-6,13H,7-9H2,1-2H3. The van der Waals surface area contributed by atoms with Crippen LogP contribution in [-0.2, 0) is 38.7 Å². The SMILES string of the molecule is Cc1ccc(S(=O)(=O)CC(O[C]=O)C(=O)OCCS(C)(=O)=O)cc1.